The summed E-state index contributed by atoms with van der Waals surface area (Å²) in [6, 6.07) is 4.55. The molecule has 1 N–H and O–H groups in total. The number of halogens is 2. The fourth-order valence-corrected chi connectivity index (χ4v) is 5.70. The lowest BCUT2D eigenvalue weighted by molar-refractivity contribution is 0.176. The molecule has 1 aliphatic carbocycles. The monoisotopic (exact) mass is 418 g/mol. The molecule has 0 bridgehead atoms. The van der Waals surface area contributed by atoms with Crippen molar-refractivity contribution in [3.05, 3.63) is 37.2 Å². The Morgan fingerprint density at radius 1 is 1.40 bits per heavy atom. The Morgan fingerprint density at radius 2 is 2.15 bits per heavy atom. The summed E-state index contributed by atoms with van der Waals surface area (Å²) in [5, 5.41) is 15.0. The van der Waals surface area contributed by atoms with Gasteiger partial charge in [-0.3, -0.25) is 4.68 Å². The van der Waals surface area contributed by atoms with Crippen LogP contribution in [0.25, 0.3) is 0 Å². The molecule has 3 rings (SSSR count). The number of aliphatic hydroxyl groups excluding tert-OH is 1. The van der Waals surface area contributed by atoms with Crippen LogP contribution in [0.3, 0.4) is 0 Å². The maximum atomic E-state index is 10.3. The van der Waals surface area contributed by atoms with E-state index in [1.165, 1.54) is 25.7 Å². The van der Waals surface area contributed by atoms with Crippen molar-refractivity contribution in [1.29, 1.82) is 0 Å². The van der Waals surface area contributed by atoms with Gasteiger partial charge >= 0.3 is 0 Å². The van der Waals surface area contributed by atoms with Crippen molar-refractivity contribution in [2.75, 3.05) is 0 Å². The maximum absolute atomic E-state index is 10.3. The normalized spacial score (nSPS) is 17.8. The van der Waals surface area contributed by atoms with Gasteiger partial charge in [0, 0.05) is 18.2 Å². The summed E-state index contributed by atoms with van der Waals surface area (Å²) in [6.45, 7) is 0. The van der Waals surface area contributed by atoms with Gasteiger partial charge in [0.25, 0.3) is 0 Å². The van der Waals surface area contributed by atoms with Gasteiger partial charge in [-0.1, -0.05) is 12.8 Å². The molecule has 0 radical (unpaired) electrons. The zero-order chi connectivity index (χ0) is 14.1. The zero-order valence-corrected chi connectivity index (χ0v) is 14.9. The average Bonchev–Trinajstić information content (AvgIpc) is 3.09. The quantitative estimate of drug-likeness (QED) is 0.768. The molecule has 0 aliphatic heterocycles. The van der Waals surface area contributed by atoms with Crippen molar-refractivity contribution >= 4 is 43.2 Å². The second-order valence-electron chi connectivity index (χ2n) is 5.22. The molecule has 1 atom stereocenters. The molecule has 1 aliphatic rings. The highest BCUT2D eigenvalue weighted by atomic mass is 79.9. The topological polar surface area (TPSA) is 38.0 Å². The van der Waals surface area contributed by atoms with Crippen LogP contribution in [0.4, 0.5) is 0 Å². The first kappa shape index (κ1) is 14.8. The molecule has 6 heteroatoms. The number of aromatic nitrogens is 2. The van der Waals surface area contributed by atoms with Crippen LogP contribution >= 0.6 is 43.2 Å². The molecule has 0 saturated heterocycles. The molecule has 0 aromatic carbocycles. The van der Waals surface area contributed by atoms with Crippen LogP contribution in [0.15, 0.2) is 25.9 Å². The van der Waals surface area contributed by atoms with Gasteiger partial charge in [-0.25, -0.2) is 0 Å². The lowest BCUT2D eigenvalue weighted by atomic mass is 10.1. The standard InChI is InChI=1S/C14H16Br2N2OS/c15-13-8-11(14(16)20-13)12(19)7-9-5-6-18(17-9)10-3-1-2-4-10/h5-6,8,10,12,19H,1-4,7H2. The Balaban J connectivity index is 1.69. The Morgan fingerprint density at radius 3 is 2.80 bits per heavy atom. The number of hydrogen-bond acceptors (Lipinski definition) is 3. The number of nitrogens with zero attached hydrogens (tertiary/aromatic N) is 2. The third-order valence-electron chi connectivity index (χ3n) is 3.81. The first-order chi connectivity index (χ1) is 9.63. The summed E-state index contributed by atoms with van der Waals surface area (Å²) in [5.74, 6) is 0. The first-order valence-corrected chi connectivity index (χ1v) is 9.20. The van der Waals surface area contributed by atoms with E-state index < -0.39 is 6.10 Å². The number of hydrogen-bond donors (Lipinski definition) is 1. The Kier molecular flexibility index (Phi) is 4.65. The third-order valence-corrected chi connectivity index (χ3v) is 6.19. The molecule has 2 heterocycles. The van der Waals surface area contributed by atoms with Gasteiger partial charge in [-0.15, -0.1) is 11.3 Å². The van der Waals surface area contributed by atoms with Crippen LogP contribution in [0.1, 0.15) is 49.1 Å². The Hall–Kier alpha value is -0.170. The van der Waals surface area contributed by atoms with Crippen molar-refractivity contribution in [2.45, 2.75) is 44.2 Å². The Bertz CT molecular complexity index is 590. The molecule has 1 fully saturated rings. The second kappa shape index (κ2) is 6.30. The highest BCUT2D eigenvalue weighted by molar-refractivity contribution is 9.12. The highest BCUT2D eigenvalue weighted by Crippen LogP contribution is 2.36. The summed E-state index contributed by atoms with van der Waals surface area (Å²) >= 11 is 8.52. The van der Waals surface area contributed by atoms with Gasteiger partial charge in [-0.05, 0) is 56.8 Å². The lowest BCUT2D eigenvalue weighted by Gasteiger charge is -2.10. The van der Waals surface area contributed by atoms with Crippen molar-refractivity contribution in [1.82, 2.24) is 9.78 Å². The van der Waals surface area contributed by atoms with Crippen LogP contribution in [0.5, 0.6) is 0 Å². The van der Waals surface area contributed by atoms with E-state index in [2.05, 4.69) is 47.8 Å². The average molecular weight is 420 g/mol. The smallest absolute Gasteiger partial charge is 0.0865 e. The van der Waals surface area contributed by atoms with E-state index in [9.17, 15) is 5.11 Å². The van der Waals surface area contributed by atoms with E-state index in [1.54, 1.807) is 11.3 Å². The number of thiophene rings is 1. The third kappa shape index (κ3) is 3.18. The van der Waals surface area contributed by atoms with Gasteiger partial charge in [-0.2, -0.15) is 5.10 Å². The molecule has 0 spiro atoms. The van der Waals surface area contributed by atoms with Crippen LogP contribution in [0, 0.1) is 0 Å². The molecule has 1 unspecified atom stereocenters. The molecule has 20 heavy (non-hydrogen) atoms. The molecule has 3 nitrogen and oxygen atoms in total. The fourth-order valence-electron chi connectivity index (χ4n) is 2.75. The molecular weight excluding hydrogens is 404 g/mol. The second-order valence-corrected chi connectivity index (χ2v) is 8.97. The predicted octanol–water partition coefficient (Wildman–Crippen LogP) is 4.86. The predicted molar refractivity (Wildman–Crippen MR) is 88.1 cm³/mol. The Labute approximate surface area is 139 Å². The maximum Gasteiger partial charge on any atom is 0.0865 e. The van der Waals surface area contributed by atoms with Crippen LogP contribution in [-0.2, 0) is 6.42 Å². The minimum Gasteiger partial charge on any atom is -0.388 e. The van der Waals surface area contributed by atoms with E-state index in [-0.39, 0.29) is 0 Å². The van der Waals surface area contributed by atoms with Gasteiger partial charge in [0.1, 0.15) is 0 Å². The van der Waals surface area contributed by atoms with E-state index in [4.69, 9.17) is 0 Å². The van der Waals surface area contributed by atoms with E-state index in [0.717, 1.165) is 18.8 Å². The molecular formula is C14H16Br2N2OS. The van der Waals surface area contributed by atoms with Gasteiger partial charge < -0.3 is 5.11 Å². The summed E-state index contributed by atoms with van der Waals surface area (Å²) in [5.41, 5.74) is 1.89. The summed E-state index contributed by atoms with van der Waals surface area (Å²) < 4.78 is 4.08. The van der Waals surface area contributed by atoms with Gasteiger partial charge in [0.05, 0.1) is 25.4 Å². The van der Waals surface area contributed by atoms with Crippen molar-refractivity contribution < 1.29 is 5.11 Å². The summed E-state index contributed by atoms with van der Waals surface area (Å²) in [6.07, 6.45) is 7.16. The van der Waals surface area contributed by atoms with Crippen molar-refractivity contribution in [2.24, 2.45) is 0 Å². The highest BCUT2D eigenvalue weighted by Gasteiger charge is 2.20. The molecule has 2 aromatic heterocycles. The van der Waals surface area contributed by atoms with Gasteiger partial charge in [0.2, 0.25) is 0 Å². The lowest BCUT2D eigenvalue weighted by Crippen LogP contribution is -2.07. The largest absolute Gasteiger partial charge is 0.388 e. The minimum atomic E-state index is -0.515. The summed E-state index contributed by atoms with van der Waals surface area (Å²) in [7, 11) is 0. The van der Waals surface area contributed by atoms with Crippen molar-refractivity contribution in [3.8, 4) is 0 Å². The zero-order valence-electron chi connectivity index (χ0n) is 10.9. The SMILES string of the molecule is OC(Cc1ccn(C2CCCC2)n1)c1cc(Br)sc1Br. The van der Waals surface area contributed by atoms with Crippen LogP contribution in [-0.4, -0.2) is 14.9 Å². The molecule has 2 aromatic rings. The van der Waals surface area contributed by atoms with E-state index in [1.807, 2.05) is 12.1 Å². The van der Waals surface area contributed by atoms with Crippen molar-refractivity contribution in [3.63, 3.8) is 0 Å². The molecule has 108 valence electrons. The number of rotatable bonds is 4. The minimum absolute atomic E-state index is 0.515. The molecule has 0 amide bonds. The first-order valence-electron chi connectivity index (χ1n) is 6.80. The van der Waals surface area contributed by atoms with Crippen LogP contribution < -0.4 is 0 Å². The fraction of sp³-hybridized carbons (Fsp3) is 0.500. The van der Waals surface area contributed by atoms with Crippen LogP contribution in [0.2, 0.25) is 0 Å². The van der Waals surface area contributed by atoms with E-state index in [0.29, 0.717) is 12.5 Å². The number of aliphatic hydroxyl groups is 1. The van der Waals surface area contributed by atoms with Gasteiger partial charge in [0.15, 0.2) is 0 Å². The van der Waals surface area contributed by atoms with E-state index >= 15 is 0 Å². The molecule has 1 saturated carbocycles. The summed E-state index contributed by atoms with van der Waals surface area (Å²) in [4.78, 5) is 0.